The van der Waals surface area contributed by atoms with Gasteiger partial charge in [0.05, 0.1) is 0 Å². The molecule has 2 heterocycles. The van der Waals surface area contributed by atoms with E-state index < -0.39 is 0 Å². The average Bonchev–Trinajstić information content (AvgIpc) is 2.61. The second-order valence-corrected chi connectivity index (χ2v) is 4.43. The van der Waals surface area contributed by atoms with Crippen molar-refractivity contribution in [2.45, 2.75) is 31.7 Å². The maximum atomic E-state index is 4.13. The number of nitrogens with one attached hydrogen (secondary N) is 2. The molecule has 2 aromatic rings. The zero-order chi connectivity index (χ0) is 10.8. The third-order valence-electron chi connectivity index (χ3n) is 3.30. The topological polar surface area (TPSA) is 53.6 Å². The lowest BCUT2D eigenvalue weighted by molar-refractivity contribution is 0.535. The molecule has 1 atom stereocenters. The van der Waals surface area contributed by atoms with Gasteiger partial charge < -0.3 is 5.32 Å². The van der Waals surface area contributed by atoms with Gasteiger partial charge in [0.15, 0.2) is 0 Å². The highest BCUT2D eigenvalue weighted by atomic mass is 15.3. The normalized spacial score (nSPS) is 22.1. The molecule has 0 amide bonds. The highest BCUT2D eigenvalue weighted by Crippen LogP contribution is 2.24. The maximum absolute atomic E-state index is 4.13. The predicted octanol–water partition coefficient (Wildman–Crippen LogP) is 2.16. The first-order valence-electron chi connectivity index (χ1n) is 5.97. The second-order valence-electron chi connectivity index (χ2n) is 4.43. The number of aromatic amines is 1. The fraction of sp³-hybridized carbons (Fsp3) is 0.500. The predicted molar refractivity (Wildman–Crippen MR) is 63.1 cm³/mol. The Morgan fingerprint density at radius 3 is 3.00 bits per heavy atom. The van der Waals surface area contributed by atoms with E-state index in [0.717, 1.165) is 17.6 Å². The molecule has 1 aliphatic rings. The summed E-state index contributed by atoms with van der Waals surface area (Å²) in [5.74, 6) is 0. The minimum Gasteiger partial charge on any atom is -0.310 e. The van der Waals surface area contributed by atoms with Crippen LogP contribution in [0.4, 0.5) is 0 Å². The summed E-state index contributed by atoms with van der Waals surface area (Å²) in [4.78, 5) is 0. The van der Waals surface area contributed by atoms with Gasteiger partial charge in [0, 0.05) is 6.04 Å². The third-order valence-corrected chi connectivity index (χ3v) is 3.30. The summed E-state index contributed by atoms with van der Waals surface area (Å²) < 4.78 is 0. The van der Waals surface area contributed by atoms with Gasteiger partial charge in [-0.15, -0.1) is 0 Å². The summed E-state index contributed by atoms with van der Waals surface area (Å²) in [5, 5.41) is 14.5. The fourth-order valence-electron chi connectivity index (χ4n) is 2.39. The third kappa shape index (κ3) is 1.80. The molecular formula is C12H16N4. The highest BCUT2D eigenvalue weighted by molar-refractivity contribution is 5.74. The first-order valence-corrected chi connectivity index (χ1v) is 5.97. The Balaban J connectivity index is 1.91. The van der Waals surface area contributed by atoms with E-state index in [1.807, 2.05) is 6.07 Å². The summed E-state index contributed by atoms with van der Waals surface area (Å²) >= 11 is 0. The summed E-state index contributed by atoms with van der Waals surface area (Å²) in [6, 6.07) is 6.83. The number of hydrogen-bond donors (Lipinski definition) is 2. The summed E-state index contributed by atoms with van der Waals surface area (Å²) in [6.07, 6.45) is 5.18. The van der Waals surface area contributed by atoms with Gasteiger partial charge in [0.1, 0.15) is 11.0 Å². The van der Waals surface area contributed by atoms with Gasteiger partial charge in [0.2, 0.25) is 0 Å². The van der Waals surface area contributed by atoms with Crippen molar-refractivity contribution in [2.24, 2.45) is 0 Å². The molecule has 0 saturated carbocycles. The van der Waals surface area contributed by atoms with E-state index in [-0.39, 0.29) is 0 Å². The van der Waals surface area contributed by atoms with E-state index in [1.165, 1.54) is 31.2 Å². The molecule has 1 aliphatic heterocycles. The lowest BCUT2D eigenvalue weighted by Crippen LogP contribution is -2.20. The molecule has 0 aliphatic carbocycles. The lowest BCUT2D eigenvalue weighted by Gasteiger charge is -2.15. The van der Waals surface area contributed by atoms with Crippen molar-refractivity contribution in [1.29, 1.82) is 0 Å². The SMILES string of the molecule is c1cc2n[nH]nc2cc1C1CCCCCN1. The number of nitrogens with zero attached hydrogens (tertiary/aromatic N) is 2. The van der Waals surface area contributed by atoms with Crippen LogP contribution >= 0.6 is 0 Å². The molecule has 84 valence electrons. The van der Waals surface area contributed by atoms with Crippen molar-refractivity contribution in [3.8, 4) is 0 Å². The van der Waals surface area contributed by atoms with E-state index >= 15 is 0 Å². The second kappa shape index (κ2) is 4.22. The monoisotopic (exact) mass is 216 g/mol. The Bertz CT molecular complexity index is 469. The average molecular weight is 216 g/mol. The van der Waals surface area contributed by atoms with Gasteiger partial charge in [0.25, 0.3) is 0 Å². The van der Waals surface area contributed by atoms with Crippen LogP contribution in [0.1, 0.15) is 37.3 Å². The van der Waals surface area contributed by atoms with Gasteiger partial charge in [-0.2, -0.15) is 15.4 Å². The Labute approximate surface area is 94.4 Å². The first-order chi connectivity index (χ1) is 7.93. The lowest BCUT2D eigenvalue weighted by atomic mass is 10.0. The van der Waals surface area contributed by atoms with Crippen LogP contribution in [0.15, 0.2) is 18.2 Å². The van der Waals surface area contributed by atoms with Gasteiger partial charge in [-0.3, -0.25) is 0 Å². The van der Waals surface area contributed by atoms with Gasteiger partial charge in [-0.1, -0.05) is 18.9 Å². The maximum Gasteiger partial charge on any atom is 0.113 e. The van der Waals surface area contributed by atoms with E-state index in [0.29, 0.717) is 6.04 Å². The molecule has 1 saturated heterocycles. The van der Waals surface area contributed by atoms with Crippen molar-refractivity contribution in [1.82, 2.24) is 20.7 Å². The fourth-order valence-corrected chi connectivity index (χ4v) is 2.39. The Kier molecular flexibility index (Phi) is 2.58. The largest absolute Gasteiger partial charge is 0.310 e. The molecule has 1 unspecified atom stereocenters. The number of H-pyrrole nitrogens is 1. The van der Waals surface area contributed by atoms with E-state index in [2.05, 4.69) is 32.9 Å². The summed E-state index contributed by atoms with van der Waals surface area (Å²) in [5.41, 5.74) is 3.24. The molecule has 1 fully saturated rings. The van der Waals surface area contributed by atoms with Crippen molar-refractivity contribution in [2.75, 3.05) is 6.54 Å². The molecule has 16 heavy (non-hydrogen) atoms. The van der Waals surface area contributed by atoms with Crippen molar-refractivity contribution < 1.29 is 0 Å². The molecular weight excluding hydrogens is 200 g/mol. The molecule has 1 aromatic carbocycles. The van der Waals surface area contributed by atoms with Gasteiger partial charge in [-0.05, 0) is 37.1 Å². The van der Waals surface area contributed by atoms with Crippen LogP contribution in [0.2, 0.25) is 0 Å². The number of aromatic nitrogens is 3. The molecule has 0 bridgehead atoms. The van der Waals surface area contributed by atoms with Crippen LogP contribution in [-0.4, -0.2) is 22.0 Å². The molecule has 4 nitrogen and oxygen atoms in total. The number of fused-ring (bicyclic) bond motifs is 1. The summed E-state index contributed by atoms with van der Waals surface area (Å²) in [6.45, 7) is 1.13. The molecule has 1 aromatic heterocycles. The minimum absolute atomic E-state index is 0.489. The highest BCUT2D eigenvalue weighted by Gasteiger charge is 2.14. The zero-order valence-corrected chi connectivity index (χ0v) is 9.24. The molecule has 2 N–H and O–H groups in total. The van der Waals surface area contributed by atoms with Crippen molar-refractivity contribution in [3.05, 3.63) is 23.8 Å². The van der Waals surface area contributed by atoms with E-state index in [4.69, 9.17) is 0 Å². The van der Waals surface area contributed by atoms with Crippen LogP contribution in [0.3, 0.4) is 0 Å². The first kappa shape index (κ1) is 9.78. The van der Waals surface area contributed by atoms with E-state index in [1.54, 1.807) is 0 Å². The van der Waals surface area contributed by atoms with Crippen LogP contribution in [-0.2, 0) is 0 Å². The Morgan fingerprint density at radius 2 is 2.00 bits per heavy atom. The van der Waals surface area contributed by atoms with E-state index in [9.17, 15) is 0 Å². The van der Waals surface area contributed by atoms with Gasteiger partial charge in [-0.25, -0.2) is 0 Å². The smallest absolute Gasteiger partial charge is 0.113 e. The standard InChI is InChI=1S/C12H16N4/c1-2-4-10(13-7-3-1)9-5-6-11-12(8-9)15-16-14-11/h5-6,8,10,13H,1-4,7H2,(H,14,15,16). The molecule has 3 rings (SSSR count). The Morgan fingerprint density at radius 1 is 1.06 bits per heavy atom. The summed E-state index contributed by atoms with van der Waals surface area (Å²) in [7, 11) is 0. The van der Waals surface area contributed by atoms with Gasteiger partial charge >= 0.3 is 0 Å². The Hall–Kier alpha value is -1.42. The molecule has 0 radical (unpaired) electrons. The minimum atomic E-state index is 0.489. The zero-order valence-electron chi connectivity index (χ0n) is 9.24. The van der Waals surface area contributed by atoms with Crippen LogP contribution < -0.4 is 5.32 Å². The number of hydrogen-bond acceptors (Lipinski definition) is 3. The van der Waals surface area contributed by atoms with Crippen molar-refractivity contribution >= 4 is 11.0 Å². The van der Waals surface area contributed by atoms with Crippen molar-refractivity contribution in [3.63, 3.8) is 0 Å². The molecule has 0 spiro atoms. The number of rotatable bonds is 1. The number of benzene rings is 1. The van der Waals surface area contributed by atoms with Crippen LogP contribution in [0.25, 0.3) is 11.0 Å². The quantitative estimate of drug-likeness (QED) is 0.768. The van der Waals surface area contributed by atoms with Crippen LogP contribution in [0, 0.1) is 0 Å². The van der Waals surface area contributed by atoms with Crippen LogP contribution in [0.5, 0.6) is 0 Å². The molecule has 4 heteroatoms.